The minimum atomic E-state index is -0.0588. The van der Waals surface area contributed by atoms with Gasteiger partial charge in [-0.1, -0.05) is 0 Å². The molecule has 2 aliphatic heterocycles. The molecular formula is C17H23N3O4. The van der Waals surface area contributed by atoms with E-state index < -0.39 is 0 Å². The summed E-state index contributed by atoms with van der Waals surface area (Å²) in [4.78, 5) is 28.4. The summed E-state index contributed by atoms with van der Waals surface area (Å²) < 4.78 is 10.5. The van der Waals surface area contributed by atoms with Crippen LogP contribution in [0.15, 0.2) is 18.2 Å². The molecule has 0 bridgehead atoms. The Morgan fingerprint density at radius 2 is 1.88 bits per heavy atom. The third-order valence-electron chi connectivity index (χ3n) is 4.61. The summed E-state index contributed by atoms with van der Waals surface area (Å²) in [6.45, 7) is 2.64. The van der Waals surface area contributed by atoms with Crippen molar-refractivity contribution in [3.05, 3.63) is 23.8 Å². The second kappa shape index (κ2) is 6.98. The first kappa shape index (κ1) is 16.4. The number of carbonyl (C=O) groups excluding carboxylic acids is 2. The van der Waals surface area contributed by atoms with Gasteiger partial charge in [-0.05, 0) is 25.0 Å². The molecule has 0 radical (unpaired) electrons. The van der Waals surface area contributed by atoms with Crippen LogP contribution in [0.4, 0.5) is 4.79 Å². The van der Waals surface area contributed by atoms with Gasteiger partial charge in [0, 0.05) is 37.8 Å². The highest BCUT2D eigenvalue weighted by molar-refractivity contribution is 5.95. The summed E-state index contributed by atoms with van der Waals surface area (Å²) in [6, 6.07) is 5.23. The van der Waals surface area contributed by atoms with Crippen LogP contribution in [0.5, 0.6) is 11.5 Å². The average molecular weight is 333 g/mol. The summed E-state index contributed by atoms with van der Waals surface area (Å²) in [5.41, 5.74) is 0.540. The maximum Gasteiger partial charge on any atom is 0.317 e. The number of piperidine rings is 1. The number of nitrogens with zero attached hydrogens (tertiary/aromatic N) is 2. The average Bonchev–Trinajstić information content (AvgIpc) is 3.06. The molecule has 1 atom stereocenters. The lowest BCUT2D eigenvalue weighted by Gasteiger charge is -2.37. The number of hydrogen-bond donors (Lipinski definition) is 1. The van der Waals surface area contributed by atoms with Crippen LogP contribution < -0.4 is 14.8 Å². The number of benzene rings is 1. The van der Waals surface area contributed by atoms with E-state index in [0.717, 1.165) is 12.8 Å². The first-order valence-electron chi connectivity index (χ1n) is 8.19. The molecule has 130 valence electrons. The van der Waals surface area contributed by atoms with Crippen molar-refractivity contribution in [2.45, 2.75) is 18.9 Å². The fourth-order valence-electron chi connectivity index (χ4n) is 3.34. The van der Waals surface area contributed by atoms with Gasteiger partial charge in [0.25, 0.3) is 5.91 Å². The molecule has 0 saturated carbocycles. The largest absolute Gasteiger partial charge is 0.497 e. The molecule has 2 saturated heterocycles. The molecule has 1 aromatic rings. The third-order valence-corrected chi connectivity index (χ3v) is 4.61. The van der Waals surface area contributed by atoms with Gasteiger partial charge in [-0.25, -0.2) is 4.79 Å². The van der Waals surface area contributed by atoms with Gasteiger partial charge >= 0.3 is 6.03 Å². The highest BCUT2D eigenvalue weighted by atomic mass is 16.5. The van der Waals surface area contributed by atoms with Gasteiger partial charge in [-0.3, -0.25) is 4.79 Å². The number of urea groups is 1. The fraction of sp³-hybridized carbons (Fsp3) is 0.529. The van der Waals surface area contributed by atoms with Gasteiger partial charge in [-0.15, -0.1) is 0 Å². The predicted molar refractivity (Wildman–Crippen MR) is 88.6 cm³/mol. The van der Waals surface area contributed by atoms with Crippen LogP contribution in [0.1, 0.15) is 23.2 Å². The van der Waals surface area contributed by atoms with Crippen molar-refractivity contribution >= 4 is 11.9 Å². The van der Waals surface area contributed by atoms with Crippen LogP contribution in [0, 0.1) is 0 Å². The number of hydrogen-bond acceptors (Lipinski definition) is 4. The Morgan fingerprint density at radius 3 is 2.46 bits per heavy atom. The van der Waals surface area contributed by atoms with E-state index in [2.05, 4.69) is 5.32 Å². The van der Waals surface area contributed by atoms with E-state index in [9.17, 15) is 9.59 Å². The lowest BCUT2D eigenvalue weighted by molar-refractivity contribution is 0.0634. The number of likely N-dealkylation sites (tertiary alicyclic amines) is 1. The Hall–Kier alpha value is -2.44. The Bertz CT molecular complexity index is 612. The highest BCUT2D eigenvalue weighted by Crippen LogP contribution is 2.25. The van der Waals surface area contributed by atoms with E-state index in [1.807, 2.05) is 9.80 Å². The van der Waals surface area contributed by atoms with E-state index >= 15 is 0 Å². The minimum absolute atomic E-state index is 0.0302. The molecule has 1 aromatic carbocycles. The zero-order valence-corrected chi connectivity index (χ0v) is 14.1. The number of rotatable bonds is 4. The standard InChI is InChI=1S/C17H23N3O4/c1-23-14-8-12(9-15(10-14)24-2)16(21)19-6-3-4-13(11-19)20-7-5-18-17(20)22/h8-10,13H,3-7,11H2,1-2H3,(H,18,22). The third kappa shape index (κ3) is 3.25. The number of amides is 3. The van der Waals surface area contributed by atoms with E-state index in [1.165, 1.54) is 0 Å². The first-order chi connectivity index (χ1) is 11.6. The lowest BCUT2D eigenvalue weighted by Crippen LogP contribution is -2.50. The Labute approximate surface area is 141 Å². The van der Waals surface area contributed by atoms with Crippen molar-refractivity contribution in [3.8, 4) is 11.5 Å². The van der Waals surface area contributed by atoms with Crippen LogP contribution in [-0.4, -0.2) is 68.2 Å². The van der Waals surface area contributed by atoms with Crippen molar-refractivity contribution in [3.63, 3.8) is 0 Å². The smallest absolute Gasteiger partial charge is 0.317 e. The normalized spacial score (nSPS) is 20.8. The van der Waals surface area contributed by atoms with Gasteiger partial charge in [0.15, 0.2) is 0 Å². The summed E-state index contributed by atoms with van der Waals surface area (Å²) in [5.74, 6) is 1.12. The Kier molecular flexibility index (Phi) is 4.78. The first-order valence-corrected chi connectivity index (χ1v) is 8.19. The SMILES string of the molecule is COc1cc(OC)cc(C(=O)N2CCCC(N3CCNC3=O)C2)c1. The van der Waals surface area contributed by atoms with E-state index in [4.69, 9.17) is 9.47 Å². The molecule has 0 aromatic heterocycles. The van der Waals surface area contributed by atoms with Crippen LogP contribution in [-0.2, 0) is 0 Å². The molecule has 2 heterocycles. The van der Waals surface area contributed by atoms with Crippen LogP contribution >= 0.6 is 0 Å². The van der Waals surface area contributed by atoms with Crippen LogP contribution in [0.2, 0.25) is 0 Å². The second-order valence-corrected chi connectivity index (χ2v) is 6.07. The molecule has 1 N–H and O–H groups in total. The van der Waals surface area contributed by atoms with Crippen molar-refractivity contribution < 1.29 is 19.1 Å². The summed E-state index contributed by atoms with van der Waals surface area (Å²) in [6.07, 6.45) is 1.82. The van der Waals surface area contributed by atoms with Crippen LogP contribution in [0.25, 0.3) is 0 Å². The summed E-state index contributed by atoms with van der Waals surface area (Å²) in [5, 5.41) is 2.82. The van der Waals surface area contributed by atoms with Crippen LogP contribution in [0.3, 0.4) is 0 Å². The second-order valence-electron chi connectivity index (χ2n) is 6.07. The number of ether oxygens (including phenoxy) is 2. The van der Waals surface area contributed by atoms with Crippen molar-refractivity contribution in [1.82, 2.24) is 15.1 Å². The molecule has 3 rings (SSSR count). The van der Waals surface area contributed by atoms with Crippen molar-refractivity contribution in [2.24, 2.45) is 0 Å². The molecule has 0 aliphatic carbocycles. The zero-order chi connectivity index (χ0) is 17.1. The van der Waals surface area contributed by atoms with E-state index in [-0.39, 0.29) is 18.0 Å². The van der Waals surface area contributed by atoms with Gasteiger partial charge in [0.05, 0.1) is 20.3 Å². The van der Waals surface area contributed by atoms with Gasteiger partial charge < -0.3 is 24.6 Å². The Morgan fingerprint density at radius 1 is 1.17 bits per heavy atom. The highest BCUT2D eigenvalue weighted by Gasteiger charge is 2.33. The minimum Gasteiger partial charge on any atom is -0.497 e. The maximum atomic E-state index is 12.9. The van der Waals surface area contributed by atoms with Gasteiger partial charge in [0.2, 0.25) is 0 Å². The fourth-order valence-corrected chi connectivity index (χ4v) is 3.34. The topological polar surface area (TPSA) is 71.1 Å². The predicted octanol–water partition coefficient (Wildman–Crippen LogP) is 1.33. The summed E-state index contributed by atoms with van der Waals surface area (Å²) >= 11 is 0. The molecule has 24 heavy (non-hydrogen) atoms. The number of carbonyl (C=O) groups is 2. The van der Waals surface area contributed by atoms with Gasteiger partial charge in [0.1, 0.15) is 11.5 Å². The van der Waals surface area contributed by atoms with E-state index in [1.54, 1.807) is 32.4 Å². The molecule has 2 aliphatic rings. The molecule has 3 amide bonds. The Balaban J connectivity index is 1.75. The monoisotopic (exact) mass is 333 g/mol. The van der Waals surface area contributed by atoms with Crippen molar-refractivity contribution in [1.29, 1.82) is 0 Å². The molecule has 0 spiro atoms. The number of methoxy groups -OCH3 is 2. The van der Waals surface area contributed by atoms with E-state index in [0.29, 0.717) is 43.2 Å². The number of nitrogens with one attached hydrogen (secondary N) is 1. The van der Waals surface area contributed by atoms with Gasteiger partial charge in [-0.2, -0.15) is 0 Å². The zero-order valence-electron chi connectivity index (χ0n) is 14.1. The molecule has 7 nitrogen and oxygen atoms in total. The molecular weight excluding hydrogens is 310 g/mol. The lowest BCUT2D eigenvalue weighted by atomic mass is 10.0. The van der Waals surface area contributed by atoms with Crippen molar-refractivity contribution in [2.75, 3.05) is 40.4 Å². The molecule has 7 heteroatoms. The maximum absolute atomic E-state index is 12.9. The quantitative estimate of drug-likeness (QED) is 0.902. The molecule has 1 unspecified atom stereocenters. The molecule has 2 fully saturated rings. The summed E-state index contributed by atoms with van der Waals surface area (Å²) in [7, 11) is 3.12.